The summed E-state index contributed by atoms with van der Waals surface area (Å²) in [7, 11) is 0. The molecule has 0 aromatic heterocycles. The average molecular weight is 592 g/mol. The fourth-order valence-electron chi connectivity index (χ4n) is 5.34. The molecule has 1 aliphatic carbocycles. The van der Waals surface area contributed by atoms with Crippen molar-refractivity contribution in [2.24, 2.45) is 10.9 Å². The summed E-state index contributed by atoms with van der Waals surface area (Å²) in [5, 5.41) is 13.1. The molecule has 2 fully saturated rings. The first-order valence-corrected chi connectivity index (χ1v) is 15.5. The maximum Gasteiger partial charge on any atom is 0.247 e. The second-order valence-corrected chi connectivity index (χ2v) is 10.6. The lowest BCUT2D eigenvalue weighted by molar-refractivity contribution is -0.127. The number of carbonyl (C=O) groups excluding carboxylic acids is 2. The molecule has 5 rings (SSSR count). The third-order valence-electron chi connectivity index (χ3n) is 7.50. The van der Waals surface area contributed by atoms with E-state index in [2.05, 4.69) is 30.1 Å². The van der Waals surface area contributed by atoms with Gasteiger partial charge in [-0.25, -0.2) is 4.99 Å². The van der Waals surface area contributed by atoms with Crippen LogP contribution >= 0.6 is 0 Å². The van der Waals surface area contributed by atoms with Crippen molar-refractivity contribution in [2.45, 2.75) is 85.5 Å². The molecule has 2 heterocycles. The highest BCUT2D eigenvalue weighted by atomic mass is 16.3. The Bertz CT molecular complexity index is 1350. The Morgan fingerprint density at radius 3 is 2.49 bits per heavy atom. The van der Waals surface area contributed by atoms with Gasteiger partial charge >= 0.3 is 0 Å². The monoisotopic (exact) mass is 591 g/mol. The molecule has 0 bridgehead atoms. The van der Waals surface area contributed by atoms with Gasteiger partial charge in [-0.1, -0.05) is 70.7 Å². The Kier molecular flexibility index (Phi) is 14.1. The Morgan fingerprint density at radius 2 is 1.81 bits per heavy atom. The van der Waals surface area contributed by atoms with Gasteiger partial charge in [0, 0.05) is 27.2 Å². The van der Waals surface area contributed by atoms with E-state index in [-0.39, 0.29) is 31.8 Å². The predicted octanol–water partition coefficient (Wildman–Crippen LogP) is 7.91. The van der Waals surface area contributed by atoms with Crippen molar-refractivity contribution in [3.8, 4) is 5.75 Å². The van der Waals surface area contributed by atoms with Gasteiger partial charge in [-0.2, -0.15) is 0 Å². The molecular formula is C36H53N3O4. The Labute approximate surface area is 260 Å². The van der Waals surface area contributed by atoms with Crippen molar-refractivity contribution >= 4 is 23.3 Å². The van der Waals surface area contributed by atoms with Crippen LogP contribution in [0.2, 0.25) is 0 Å². The van der Waals surface area contributed by atoms with E-state index < -0.39 is 0 Å². The smallest absolute Gasteiger partial charge is 0.247 e. The number of likely N-dealkylation sites (tertiary alicyclic amines) is 1. The molecule has 7 nitrogen and oxygen atoms in total. The third-order valence-corrected chi connectivity index (χ3v) is 7.50. The standard InChI is InChI=1S/C32H35N3O3.2C2H6.H2O.2H2/c1-3-30(37)34-29-10-5-4-7-23(29)13-14-27-9-6-8-24-17-26(25-15-21(2)16-28(36)18-25)19-31(38)35(32(24)33-27)20-22-11-12-22;2*1-2;;;/h3-5,7-10,15-16,18,22,26,36H,1,6,11-14,17,19-20H2,2H3,(H,34,37);2*1-2H3;1H2;2*1H. The molecule has 2 aromatic rings. The number of fused-ring (bicyclic) bond motifs is 1. The number of aliphatic imine (C=N–C) groups is 1. The Hall–Kier alpha value is -3.97. The van der Waals surface area contributed by atoms with Gasteiger partial charge in [0.2, 0.25) is 11.8 Å². The zero-order valence-corrected chi connectivity index (χ0v) is 26.5. The van der Waals surface area contributed by atoms with Gasteiger partial charge in [0.25, 0.3) is 0 Å². The highest BCUT2D eigenvalue weighted by molar-refractivity contribution is 6.09. The molecule has 0 spiro atoms. The average Bonchev–Trinajstić information content (AvgIpc) is 3.84. The van der Waals surface area contributed by atoms with Crippen LogP contribution in [-0.4, -0.2) is 39.7 Å². The normalized spacial score (nSPS) is 17.4. The molecule has 2 amide bonds. The molecule has 2 aliphatic heterocycles. The van der Waals surface area contributed by atoms with E-state index in [1.165, 1.54) is 6.08 Å². The number of phenolic OH excluding ortho intramolecular Hbond substituents is 1. The SMILES string of the molecule is C=CC(=O)Nc1ccccc1CCC1=CCC=C2CC(c3cc(C)cc(O)c3)CC(=O)N(CC3CC3)C2=N1.CC.CC.O.[HH].[HH]. The lowest BCUT2D eigenvalue weighted by atomic mass is 9.88. The fourth-order valence-corrected chi connectivity index (χ4v) is 5.34. The molecule has 0 radical (unpaired) electrons. The number of para-hydroxylation sites is 1. The van der Waals surface area contributed by atoms with Gasteiger partial charge in [0.1, 0.15) is 11.6 Å². The number of anilines is 1. The molecule has 1 atom stereocenters. The third kappa shape index (κ3) is 9.79. The van der Waals surface area contributed by atoms with Crippen LogP contribution in [-0.2, 0) is 16.0 Å². The summed E-state index contributed by atoms with van der Waals surface area (Å²) in [6.07, 6.45) is 11.2. The van der Waals surface area contributed by atoms with E-state index in [1.807, 2.05) is 63.8 Å². The summed E-state index contributed by atoms with van der Waals surface area (Å²) in [5.74, 6) is 1.43. The number of benzene rings is 2. The van der Waals surface area contributed by atoms with Crippen LogP contribution < -0.4 is 5.32 Å². The van der Waals surface area contributed by atoms with Crippen LogP contribution in [0.3, 0.4) is 0 Å². The molecule has 2 aromatic carbocycles. The second kappa shape index (κ2) is 17.2. The molecule has 236 valence electrons. The van der Waals surface area contributed by atoms with Crippen LogP contribution in [0.25, 0.3) is 0 Å². The molecule has 3 aliphatic rings. The lowest BCUT2D eigenvalue weighted by Gasteiger charge is -2.23. The van der Waals surface area contributed by atoms with Crippen LogP contribution in [0.5, 0.6) is 5.75 Å². The van der Waals surface area contributed by atoms with Crippen molar-refractivity contribution in [1.29, 1.82) is 0 Å². The van der Waals surface area contributed by atoms with Crippen LogP contribution in [0, 0.1) is 12.8 Å². The first-order valence-electron chi connectivity index (χ1n) is 15.5. The summed E-state index contributed by atoms with van der Waals surface area (Å²) in [5.41, 5.74) is 5.86. The fraction of sp³-hybridized carbons (Fsp3) is 0.417. The number of amides is 2. The van der Waals surface area contributed by atoms with Gasteiger partial charge in [-0.3, -0.25) is 14.5 Å². The summed E-state index contributed by atoms with van der Waals surface area (Å²) in [6, 6.07) is 13.4. The van der Waals surface area contributed by atoms with Crippen molar-refractivity contribution in [3.05, 3.63) is 95.2 Å². The van der Waals surface area contributed by atoms with E-state index in [9.17, 15) is 14.7 Å². The number of nitrogens with zero attached hydrogens (tertiary/aromatic N) is 2. The number of carbonyl (C=O) groups is 2. The van der Waals surface area contributed by atoms with Crippen LogP contribution in [0.4, 0.5) is 5.69 Å². The number of aryl methyl sites for hydroxylation is 2. The summed E-state index contributed by atoms with van der Waals surface area (Å²) in [4.78, 5) is 32.6. The quantitative estimate of drug-likeness (QED) is 0.304. The highest BCUT2D eigenvalue weighted by Crippen LogP contribution is 2.38. The number of rotatable bonds is 8. The molecule has 1 unspecified atom stereocenters. The summed E-state index contributed by atoms with van der Waals surface area (Å²) >= 11 is 0. The number of aromatic hydroxyl groups is 1. The van der Waals surface area contributed by atoms with Gasteiger partial charge in [-0.15, -0.1) is 0 Å². The number of hydrogen-bond acceptors (Lipinski definition) is 4. The van der Waals surface area contributed by atoms with Gasteiger partial charge in [0.05, 0.1) is 0 Å². The highest BCUT2D eigenvalue weighted by Gasteiger charge is 2.36. The lowest BCUT2D eigenvalue weighted by Crippen LogP contribution is -2.38. The first kappa shape index (κ1) is 35.2. The minimum atomic E-state index is -0.232. The Balaban J connectivity index is 0.00000266. The summed E-state index contributed by atoms with van der Waals surface area (Å²) in [6.45, 7) is 14.2. The number of hydrogen-bond donors (Lipinski definition) is 2. The van der Waals surface area contributed by atoms with E-state index in [1.54, 1.807) is 12.1 Å². The zero-order valence-electron chi connectivity index (χ0n) is 26.5. The number of phenols is 1. The maximum atomic E-state index is 13.6. The van der Waals surface area contributed by atoms with Gasteiger partial charge in [-0.05, 0) is 104 Å². The molecule has 1 saturated carbocycles. The topological polar surface area (TPSA) is 114 Å². The van der Waals surface area contributed by atoms with E-state index in [0.717, 1.165) is 58.7 Å². The van der Waals surface area contributed by atoms with Crippen molar-refractivity contribution in [2.75, 3.05) is 11.9 Å². The first-order chi connectivity index (χ1) is 20.4. The molecular weight excluding hydrogens is 538 g/mol. The van der Waals surface area contributed by atoms with Gasteiger partial charge < -0.3 is 15.9 Å². The molecule has 4 N–H and O–H groups in total. The second-order valence-electron chi connectivity index (χ2n) is 10.6. The van der Waals surface area contributed by atoms with E-state index >= 15 is 0 Å². The molecule has 1 saturated heterocycles. The minimum absolute atomic E-state index is 0. The number of amidine groups is 1. The Morgan fingerprint density at radius 1 is 1.09 bits per heavy atom. The largest absolute Gasteiger partial charge is 0.508 e. The van der Waals surface area contributed by atoms with Gasteiger partial charge in [0.15, 0.2) is 0 Å². The van der Waals surface area contributed by atoms with Crippen molar-refractivity contribution in [3.63, 3.8) is 0 Å². The van der Waals surface area contributed by atoms with Crippen LogP contribution in [0.15, 0.2) is 83.5 Å². The van der Waals surface area contributed by atoms with E-state index in [0.29, 0.717) is 38.1 Å². The summed E-state index contributed by atoms with van der Waals surface area (Å²) < 4.78 is 0. The molecule has 43 heavy (non-hydrogen) atoms. The van der Waals surface area contributed by atoms with Crippen LogP contribution in [0.1, 0.15) is 91.7 Å². The maximum absolute atomic E-state index is 13.6. The number of allylic oxidation sites excluding steroid dienone is 3. The van der Waals surface area contributed by atoms with Crippen molar-refractivity contribution in [1.82, 2.24) is 4.90 Å². The number of nitrogens with one attached hydrogen (secondary N) is 1. The minimum Gasteiger partial charge on any atom is -0.508 e. The predicted molar refractivity (Wildman–Crippen MR) is 182 cm³/mol. The van der Waals surface area contributed by atoms with E-state index in [4.69, 9.17) is 4.99 Å². The van der Waals surface area contributed by atoms with Crippen molar-refractivity contribution < 1.29 is 23.0 Å². The molecule has 7 heteroatoms. The zero-order chi connectivity index (χ0) is 30.6.